The van der Waals surface area contributed by atoms with Crippen molar-refractivity contribution in [3.63, 3.8) is 0 Å². The van der Waals surface area contributed by atoms with Crippen molar-refractivity contribution < 1.29 is 19.4 Å². The third-order valence-corrected chi connectivity index (χ3v) is 16.7. The van der Waals surface area contributed by atoms with Gasteiger partial charge in [-0.05, 0) is 125 Å². The minimum Gasteiger partial charge on any atom is -0.481 e. The number of likely N-dealkylation sites (tertiary alicyclic amines) is 1. The van der Waals surface area contributed by atoms with Crippen LogP contribution in [0.4, 0.5) is 0 Å². The Balaban J connectivity index is 1.04. The molecule has 10 atom stereocenters. The highest BCUT2D eigenvalue weighted by molar-refractivity contribution is 5.90. The zero-order valence-electron chi connectivity index (χ0n) is 31.3. The number of carboxylic acid groups (broad SMARTS) is 1. The molecule has 0 aromatic heterocycles. The molecular weight excluding hydrogens is 610 g/mol. The molecule has 0 radical (unpaired) electrons. The van der Waals surface area contributed by atoms with Crippen LogP contribution in [0.2, 0.25) is 0 Å². The third-order valence-electron chi connectivity index (χ3n) is 16.7. The Hall–Kier alpha value is -1.28. The zero-order valence-corrected chi connectivity index (χ0v) is 31.3. The fraction of sp³-hybridized carbons (Fsp3) is 0.905. The average molecular weight is 678 g/mol. The van der Waals surface area contributed by atoms with E-state index in [2.05, 4.69) is 48.6 Å². The van der Waals surface area contributed by atoms with Gasteiger partial charge >= 0.3 is 5.97 Å². The first-order chi connectivity index (χ1) is 23.6. The summed E-state index contributed by atoms with van der Waals surface area (Å²) in [6.07, 6.45) is 18.9. The average Bonchev–Trinajstić information content (AvgIpc) is 3.91. The molecular formula is C42H67N3O4. The quantitative estimate of drug-likeness (QED) is 0.195. The maximum atomic E-state index is 14.2. The fourth-order valence-corrected chi connectivity index (χ4v) is 14.3. The van der Waals surface area contributed by atoms with Crippen molar-refractivity contribution >= 4 is 12.3 Å². The standard InChI is InChI=1S/C42H67N3O4/c1-28(2)36-23-33-24-40(27-46)35-10-9-29(3)34(35)25-41(33,42(36,40)39(47)48)38-22-32(21-31-7-5-6-8-31)37(49-38)26-45-15-12-30(13-16-45)11-14-44-19-17-43(4)18-20-44/h23,27-35,37-38H,5-22,24-26H2,1-4H3,(H,47,48)/t29-,32+,33?,34-,35-,37+,38-,40?,41?,42+/m1/s1. The van der Waals surface area contributed by atoms with Crippen molar-refractivity contribution in [2.45, 2.75) is 116 Å². The lowest BCUT2D eigenvalue weighted by Gasteiger charge is -2.60. The summed E-state index contributed by atoms with van der Waals surface area (Å²) < 4.78 is 7.50. The van der Waals surface area contributed by atoms with Crippen LogP contribution in [-0.2, 0) is 14.3 Å². The van der Waals surface area contributed by atoms with Crippen molar-refractivity contribution in [3.05, 3.63) is 11.6 Å². The summed E-state index contributed by atoms with van der Waals surface area (Å²) in [5.41, 5.74) is -1.40. The summed E-state index contributed by atoms with van der Waals surface area (Å²) in [5.74, 6) is 2.74. The van der Waals surface area contributed by atoms with Gasteiger partial charge in [0.1, 0.15) is 11.7 Å². The topological polar surface area (TPSA) is 73.3 Å². The number of carbonyl (C=O) groups is 2. The number of hydrogen-bond acceptors (Lipinski definition) is 6. The highest BCUT2D eigenvalue weighted by Gasteiger charge is 2.86. The van der Waals surface area contributed by atoms with E-state index in [-0.39, 0.29) is 30.0 Å². The van der Waals surface area contributed by atoms with Crippen molar-refractivity contribution in [2.75, 3.05) is 59.4 Å². The van der Waals surface area contributed by atoms with E-state index in [1.807, 2.05) is 0 Å². The number of piperidine rings is 1. The smallest absolute Gasteiger partial charge is 0.315 e. The molecule has 7 heteroatoms. The first kappa shape index (κ1) is 34.8. The number of fused-ring (bicyclic) bond motifs is 2. The summed E-state index contributed by atoms with van der Waals surface area (Å²) in [6, 6.07) is 0. The predicted molar refractivity (Wildman–Crippen MR) is 193 cm³/mol. The largest absolute Gasteiger partial charge is 0.481 e. The lowest BCUT2D eigenvalue weighted by Crippen LogP contribution is -2.65. The molecule has 4 bridgehead atoms. The maximum Gasteiger partial charge on any atom is 0.315 e. The second-order valence-electron chi connectivity index (χ2n) is 19.1. The Bertz CT molecular complexity index is 1260. The van der Waals surface area contributed by atoms with Crippen LogP contribution < -0.4 is 0 Å². The number of rotatable bonds is 11. The number of aldehydes is 1. The monoisotopic (exact) mass is 678 g/mol. The van der Waals surface area contributed by atoms with Gasteiger partial charge in [0.15, 0.2) is 0 Å². The number of carbonyl (C=O) groups excluding carboxylic acids is 1. The number of nitrogens with zero attached hydrogens (tertiary/aromatic N) is 3. The highest BCUT2D eigenvalue weighted by atomic mass is 16.5. The molecule has 3 heterocycles. The molecule has 5 aliphatic carbocycles. The minimum absolute atomic E-state index is 0.0887. The molecule has 7 nitrogen and oxygen atoms in total. The van der Waals surface area contributed by atoms with Crippen LogP contribution in [0.25, 0.3) is 0 Å². The number of carboxylic acids is 1. The van der Waals surface area contributed by atoms with Gasteiger partial charge in [-0.2, -0.15) is 0 Å². The molecule has 0 amide bonds. The zero-order chi connectivity index (χ0) is 34.1. The van der Waals surface area contributed by atoms with Crippen LogP contribution in [0, 0.1) is 63.6 Å². The van der Waals surface area contributed by atoms with Crippen LogP contribution in [0.1, 0.15) is 104 Å². The van der Waals surface area contributed by atoms with E-state index in [0.29, 0.717) is 24.2 Å². The predicted octanol–water partition coefficient (Wildman–Crippen LogP) is 6.61. The number of likely N-dealkylation sites (N-methyl/N-ethyl adjacent to an activating group) is 1. The van der Waals surface area contributed by atoms with Crippen molar-refractivity contribution in [1.82, 2.24) is 14.7 Å². The van der Waals surface area contributed by atoms with Crippen LogP contribution in [0.15, 0.2) is 11.6 Å². The normalized spacial score (nSPS) is 45.0. The summed E-state index contributed by atoms with van der Waals surface area (Å²) in [7, 11) is 2.24. The van der Waals surface area contributed by atoms with Crippen molar-refractivity contribution in [1.29, 1.82) is 0 Å². The van der Waals surface area contributed by atoms with Gasteiger partial charge in [0.2, 0.25) is 0 Å². The van der Waals surface area contributed by atoms with Crippen LogP contribution >= 0.6 is 0 Å². The Labute approximate surface area is 296 Å². The van der Waals surface area contributed by atoms with E-state index in [4.69, 9.17) is 4.74 Å². The van der Waals surface area contributed by atoms with E-state index in [1.165, 1.54) is 90.4 Å². The Kier molecular flexibility index (Phi) is 9.44. The lowest BCUT2D eigenvalue weighted by molar-refractivity contribution is -0.197. The maximum absolute atomic E-state index is 14.2. The molecule has 1 N–H and O–H groups in total. The molecule has 7 fully saturated rings. The molecule has 8 aliphatic rings. The molecule has 0 aromatic rings. The van der Waals surface area contributed by atoms with Crippen LogP contribution in [-0.4, -0.2) is 104 Å². The summed E-state index contributed by atoms with van der Waals surface area (Å²) in [4.78, 5) is 35.7. The van der Waals surface area contributed by atoms with Gasteiger partial charge in [-0.25, -0.2) is 0 Å². The Morgan fingerprint density at radius 1 is 0.980 bits per heavy atom. The van der Waals surface area contributed by atoms with Gasteiger partial charge < -0.3 is 29.3 Å². The molecule has 274 valence electrons. The third kappa shape index (κ3) is 5.30. The second-order valence-corrected chi connectivity index (χ2v) is 19.1. The number of allylic oxidation sites excluding steroid dienone is 1. The number of piperazine rings is 1. The van der Waals surface area contributed by atoms with Crippen molar-refractivity contribution in [2.24, 2.45) is 63.6 Å². The first-order valence-corrected chi connectivity index (χ1v) is 20.8. The molecule has 8 rings (SSSR count). The second kappa shape index (κ2) is 13.3. The molecule has 3 unspecified atom stereocenters. The minimum atomic E-state index is -1.13. The fourth-order valence-electron chi connectivity index (χ4n) is 14.3. The highest BCUT2D eigenvalue weighted by Crippen LogP contribution is 2.84. The van der Waals surface area contributed by atoms with Gasteiger partial charge in [0.25, 0.3) is 0 Å². The SMILES string of the molecule is CC(C)C1=CC2CC3(C=O)[C@@H]4CC[C@@H](C)[C@H]4CC2([C@H]2C[C@H](CC4CCCC4)[C@H](CN4CCC(CCN5CCN(C)CC5)CC4)O2)[C@]13C(=O)O. The number of ether oxygens (including phenoxy) is 1. The molecule has 3 aliphatic heterocycles. The molecule has 4 saturated carbocycles. The van der Waals surface area contributed by atoms with Gasteiger partial charge in [-0.3, -0.25) is 4.79 Å². The van der Waals surface area contributed by atoms with Crippen LogP contribution in [0.3, 0.4) is 0 Å². The van der Waals surface area contributed by atoms with E-state index in [9.17, 15) is 14.7 Å². The van der Waals surface area contributed by atoms with Gasteiger partial charge in [-0.15, -0.1) is 0 Å². The molecule has 49 heavy (non-hydrogen) atoms. The van der Waals surface area contributed by atoms with E-state index >= 15 is 0 Å². The van der Waals surface area contributed by atoms with Gasteiger partial charge in [-0.1, -0.05) is 64.5 Å². The lowest BCUT2D eigenvalue weighted by atomic mass is 9.41. The van der Waals surface area contributed by atoms with E-state index in [0.717, 1.165) is 62.7 Å². The van der Waals surface area contributed by atoms with E-state index in [1.54, 1.807) is 0 Å². The first-order valence-electron chi connectivity index (χ1n) is 20.8. The van der Waals surface area contributed by atoms with Crippen molar-refractivity contribution in [3.8, 4) is 0 Å². The summed E-state index contributed by atoms with van der Waals surface area (Å²) in [6.45, 7) is 16.1. The Morgan fingerprint density at radius 2 is 1.71 bits per heavy atom. The summed E-state index contributed by atoms with van der Waals surface area (Å²) >= 11 is 0. The number of hydrogen-bond donors (Lipinski definition) is 1. The summed E-state index contributed by atoms with van der Waals surface area (Å²) in [5, 5.41) is 11.6. The van der Waals surface area contributed by atoms with Crippen LogP contribution in [0.5, 0.6) is 0 Å². The Morgan fingerprint density at radius 3 is 2.39 bits per heavy atom. The molecule has 0 aromatic carbocycles. The van der Waals surface area contributed by atoms with Gasteiger partial charge in [0, 0.05) is 38.1 Å². The van der Waals surface area contributed by atoms with Gasteiger partial charge in [0.05, 0.1) is 17.6 Å². The molecule has 3 saturated heterocycles. The van der Waals surface area contributed by atoms with E-state index < -0.39 is 22.2 Å². The number of aliphatic carboxylic acids is 1. The molecule has 0 spiro atoms.